The van der Waals surface area contributed by atoms with Crippen molar-refractivity contribution in [2.24, 2.45) is 0 Å². The highest BCUT2D eigenvalue weighted by Gasteiger charge is 2.34. The number of sulfone groups is 1. The fourth-order valence-electron chi connectivity index (χ4n) is 2.43. The Hall–Kier alpha value is -1.56. The monoisotopic (exact) mass is 296 g/mol. The van der Waals surface area contributed by atoms with Crippen LogP contribution in [0.3, 0.4) is 0 Å². The molecule has 1 heterocycles. The molecule has 0 saturated carbocycles. The Bertz CT molecular complexity index is 592. The van der Waals surface area contributed by atoms with Gasteiger partial charge < -0.3 is 10.6 Å². The third-order valence-electron chi connectivity index (χ3n) is 3.71. The van der Waals surface area contributed by atoms with Gasteiger partial charge in [0.15, 0.2) is 9.84 Å². The van der Waals surface area contributed by atoms with Crippen LogP contribution < -0.4 is 5.73 Å². The quantitative estimate of drug-likeness (QED) is 0.856. The second kappa shape index (κ2) is 5.83. The summed E-state index contributed by atoms with van der Waals surface area (Å²) < 4.78 is 25.0. The molecule has 6 heteroatoms. The van der Waals surface area contributed by atoms with Crippen LogP contribution in [-0.4, -0.2) is 37.6 Å². The zero-order valence-electron chi connectivity index (χ0n) is 11.6. The Morgan fingerprint density at radius 3 is 2.40 bits per heavy atom. The van der Waals surface area contributed by atoms with E-state index in [9.17, 15) is 13.2 Å². The van der Waals surface area contributed by atoms with E-state index in [0.29, 0.717) is 13.1 Å². The molecule has 1 atom stereocenters. The van der Waals surface area contributed by atoms with Gasteiger partial charge in [0.1, 0.15) is 5.25 Å². The Balaban J connectivity index is 2.25. The Labute approximate surface area is 119 Å². The number of nitrogens with zero attached hydrogens (tertiary/aromatic N) is 1. The lowest BCUT2D eigenvalue weighted by molar-refractivity contribution is -0.131. The van der Waals surface area contributed by atoms with E-state index >= 15 is 0 Å². The number of rotatable bonds is 3. The molecule has 110 valence electrons. The maximum Gasteiger partial charge on any atom is 0.241 e. The minimum atomic E-state index is -3.73. The molecule has 0 spiro atoms. The van der Waals surface area contributed by atoms with Gasteiger partial charge >= 0.3 is 0 Å². The highest BCUT2D eigenvalue weighted by atomic mass is 32.2. The molecule has 2 N–H and O–H groups in total. The zero-order chi connectivity index (χ0) is 14.8. The Kier molecular flexibility index (Phi) is 4.32. The standard InChI is InChI=1S/C14H20N2O3S/c1-11(14(17)16-9-5-2-6-10-16)20(18,19)13-8-4-3-7-12(13)15/h3-4,7-8,11H,2,5-6,9-10,15H2,1H3. The molecule has 0 bridgehead atoms. The normalized spacial score (nSPS) is 17.8. The molecule has 1 saturated heterocycles. The Morgan fingerprint density at radius 2 is 1.80 bits per heavy atom. The van der Waals surface area contributed by atoms with E-state index in [1.165, 1.54) is 19.1 Å². The van der Waals surface area contributed by atoms with Crippen molar-refractivity contribution >= 4 is 21.4 Å². The van der Waals surface area contributed by atoms with Gasteiger partial charge in [0.25, 0.3) is 0 Å². The van der Waals surface area contributed by atoms with Crippen LogP contribution in [0.25, 0.3) is 0 Å². The van der Waals surface area contributed by atoms with E-state index in [2.05, 4.69) is 0 Å². The highest BCUT2D eigenvalue weighted by molar-refractivity contribution is 7.93. The van der Waals surface area contributed by atoms with Crippen LogP contribution in [-0.2, 0) is 14.6 Å². The molecular weight excluding hydrogens is 276 g/mol. The molecule has 0 aliphatic carbocycles. The summed E-state index contributed by atoms with van der Waals surface area (Å²) in [5.74, 6) is -0.326. The molecule has 5 nitrogen and oxygen atoms in total. The van der Waals surface area contributed by atoms with Crippen LogP contribution in [0.5, 0.6) is 0 Å². The largest absolute Gasteiger partial charge is 0.398 e. The predicted molar refractivity (Wildman–Crippen MR) is 77.9 cm³/mol. The van der Waals surface area contributed by atoms with Gasteiger partial charge in [-0.1, -0.05) is 12.1 Å². The summed E-state index contributed by atoms with van der Waals surface area (Å²) in [7, 11) is -3.73. The number of nitrogens with two attached hydrogens (primary N) is 1. The van der Waals surface area contributed by atoms with Crippen LogP contribution in [0.1, 0.15) is 26.2 Å². The predicted octanol–water partition coefficient (Wildman–Crippen LogP) is 1.44. The number of carbonyl (C=O) groups is 1. The molecule has 1 aromatic rings. The summed E-state index contributed by atoms with van der Waals surface area (Å²) in [4.78, 5) is 14.0. The van der Waals surface area contributed by atoms with Gasteiger partial charge in [-0.05, 0) is 38.3 Å². The summed E-state index contributed by atoms with van der Waals surface area (Å²) in [5, 5.41) is -1.09. The second-order valence-electron chi connectivity index (χ2n) is 5.11. The van der Waals surface area contributed by atoms with Crippen molar-refractivity contribution in [1.29, 1.82) is 0 Å². The molecule has 1 fully saturated rings. The van der Waals surface area contributed by atoms with E-state index in [1.54, 1.807) is 17.0 Å². The van der Waals surface area contributed by atoms with Crippen LogP contribution in [0.15, 0.2) is 29.2 Å². The van der Waals surface area contributed by atoms with E-state index in [0.717, 1.165) is 19.3 Å². The number of hydrogen-bond acceptors (Lipinski definition) is 4. The summed E-state index contributed by atoms with van der Waals surface area (Å²) in [6.45, 7) is 2.73. The summed E-state index contributed by atoms with van der Waals surface area (Å²) >= 11 is 0. The van der Waals surface area contributed by atoms with Crippen molar-refractivity contribution in [3.05, 3.63) is 24.3 Å². The molecule has 1 aliphatic heterocycles. The summed E-state index contributed by atoms with van der Waals surface area (Å²) in [6.07, 6.45) is 2.97. The van der Waals surface area contributed by atoms with Gasteiger partial charge in [0, 0.05) is 13.1 Å². The van der Waals surface area contributed by atoms with Crippen molar-refractivity contribution in [3.8, 4) is 0 Å². The lowest BCUT2D eigenvalue weighted by Gasteiger charge is -2.29. The molecule has 1 amide bonds. The Morgan fingerprint density at radius 1 is 1.20 bits per heavy atom. The zero-order valence-corrected chi connectivity index (χ0v) is 12.4. The van der Waals surface area contributed by atoms with Gasteiger partial charge in [0.05, 0.1) is 10.6 Å². The lowest BCUT2D eigenvalue weighted by atomic mass is 10.1. The summed E-state index contributed by atoms with van der Waals surface area (Å²) in [6, 6.07) is 6.27. The van der Waals surface area contributed by atoms with Crippen LogP contribution in [0.4, 0.5) is 5.69 Å². The average molecular weight is 296 g/mol. The van der Waals surface area contributed by atoms with Crippen LogP contribution >= 0.6 is 0 Å². The van der Waals surface area contributed by atoms with Crippen molar-refractivity contribution in [3.63, 3.8) is 0 Å². The van der Waals surface area contributed by atoms with Crippen molar-refractivity contribution in [1.82, 2.24) is 4.90 Å². The lowest BCUT2D eigenvalue weighted by Crippen LogP contribution is -2.44. The first-order valence-corrected chi connectivity index (χ1v) is 8.36. The minimum Gasteiger partial charge on any atom is -0.398 e. The van der Waals surface area contributed by atoms with E-state index in [-0.39, 0.29) is 16.5 Å². The number of amides is 1. The minimum absolute atomic E-state index is 0.0397. The number of para-hydroxylation sites is 1. The van der Waals surface area contributed by atoms with Gasteiger partial charge in [-0.15, -0.1) is 0 Å². The number of hydrogen-bond donors (Lipinski definition) is 1. The molecule has 2 rings (SSSR count). The molecule has 1 aliphatic rings. The smallest absolute Gasteiger partial charge is 0.241 e. The van der Waals surface area contributed by atoms with E-state index in [1.807, 2.05) is 0 Å². The van der Waals surface area contributed by atoms with Crippen LogP contribution in [0.2, 0.25) is 0 Å². The van der Waals surface area contributed by atoms with Crippen molar-refractivity contribution < 1.29 is 13.2 Å². The highest BCUT2D eigenvalue weighted by Crippen LogP contribution is 2.24. The third kappa shape index (κ3) is 2.80. The first-order valence-electron chi connectivity index (χ1n) is 6.82. The first-order chi connectivity index (χ1) is 9.44. The molecular formula is C14H20N2O3S. The number of anilines is 1. The maximum absolute atomic E-state index is 12.5. The molecule has 1 unspecified atom stereocenters. The second-order valence-corrected chi connectivity index (χ2v) is 7.35. The van der Waals surface area contributed by atoms with Gasteiger partial charge in [-0.3, -0.25) is 4.79 Å². The average Bonchev–Trinajstić information content (AvgIpc) is 2.47. The van der Waals surface area contributed by atoms with E-state index < -0.39 is 15.1 Å². The van der Waals surface area contributed by atoms with Crippen molar-refractivity contribution in [2.45, 2.75) is 36.3 Å². The molecule has 1 aromatic carbocycles. The molecule has 0 aromatic heterocycles. The van der Waals surface area contributed by atoms with Gasteiger partial charge in [-0.2, -0.15) is 0 Å². The molecule has 0 radical (unpaired) electrons. The third-order valence-corrected chi connectivity index (χ3v) is 5.82. The fourth-order valence-corrected chi connectivity index (χ4v) is 3.89. The van der Waals surface area contributed by atoms with E-state index in [4.69, 9.17) is 5.73 Å². The SMILES string of the molecule is CC(C(=O)N1CCCCC1)S(=O)(=O)c1ccccc1N. The van der Waals surface area contributed by atoms with Gasteiger partial charge in [0.2, 0.25) is 5.91 Å². The number of piperidine rings is 1. The van der Waals surface area contributed by atoms with Crippen molar-refractivity contribution in [2.75, 3.05) is 18.8 Å². The number of nitrogen functional groups attached to an aromatic ring is 1. The topological polar surface area (TPSA) is 80.5 Å². The van der Waals surface area contributed by atoms with Gasteiger partial charge in [-0.25, -0.2) is 8.42 Å². The fraction of sp³-hybridized carbons (Fsp3) is 0.500. The number of carbonyl (C=O) groups excluding carboxylic acids is 1. The number of likely N-dealkylation sites (tertiary alicyclic amines) is 1. The maximum atomic E-state index is 12.5. The molecule has 20 heavy (non-hydrogen) atoms. The first kappa shape index (κ1) is 14.8. The van der Waals surface area contributed by atoms with Crippen LogP contribution in [0, 0.1) is 0 Å². The summed E-state index contributed by atoms with van der Waals surface area (Å²) in [5.41, 5.74) is 5.90. The number of benzene rings is 1.